The molecule has 1 aromatic carbocycles. The van der Waals surface area contributed by atoms with Crippen molar-refractivity contribution in [1.82, 2.24) is 25.1 Å². The summed E-state index contributed by atoms with van der Waals surface area (Å²) in [6.45, 7) is 1.42. The molecule has 0 radical (unpaired) electrons. The van der Waals surface area contributed by atoms with Crippen LogP contribution in [0.3, 0.4) is 0 Å². The van der Waals surface area contributed by atoms with E-state index in [0.717, 1.165) is 0 Å². The van der Waals surface area contributed by atoms with Crippen LogP contribution in [-0.2, 0) is 17.1 Å². The number of amides is 1. The van der Waals surface area contributed by atoms with Crippen LogP contribution in [0, 0.1) is 0 Å². The van der Waals surface area contributed by atoms with Gasteiger partial charge in [0.15, 0.2) is 11.6 Å². The minimum absolute atomic E-state index is 0.0656. The number of nitrogens with one attached hydrogen (secondary N) is 1. The summed E-state index contributed by atoms with van der Waals surface area (Å²) in [5, 5.41) is 6.63. The van der Waals surface area contributed by atoms with E-state index in [1.165, 1.54) is 41.9 Å². The lowest BCUT2D eigenvalue weighted by Crippen LogP contribution is -2.29. The molecule has 0 spiro atoms. The lowest BCUT2D eigenvalue weighted by Gasteiger charge is -2.17. The Balaban J connectivity index is 1.98. The Bertz CT molecular complexity index is 1270. The molecule has 1 N–H and O–H groups in total. The van der Waals surface area contributed by atoms with E-state index in [1.54, 1.807) is 14.1 Å². The van der Waals surface area contributed by atoms with Crippen LogP contribution < -0.4 is 10.2 Å². The summed E-state index contributed by atoms with van der Waals surface area (Å²) < 4.78 is 84.9. The average Bonchev–Trinajstić information content (AvgIpc) is 3.28. The fraction of sp³-hybridized carbons (Fsp3) is 0.318. The molecule has 2 heterocycles. The molecule has 0 saturated carbocycles. The topological polar surface area (TPSA) is 102 Å². The van der Waals surface area contributed by atoms with Gasteiger partial charge < -0.3 is 15.0 Å². The third-order valence-electron chi connectivity index (χ3n) is 4.99. The van der Waals surface area contributed by atoms with E-state index in [4.69, 9.17) is 0 Å². The van der Waals surface area contributed by atoms with Gasteiger partial charge in [0, 0.05) is 25.9 Å². The zero-order chi connectivity index (χ0) is 27.7. The van der Waals surface area contributed by atoms with Crippen molar-refractivity contribution < 1.29 is 40.7 Å². The number of benzene rings is 1. The second-order valence-corrected chi connectivity index (χ2v) is 7.96. The van der Waals surface area contributed by atoms with Crippen molar-refractivity contribution in [1.29, 1.82) is 0 Å². The van der Waals surface area contributed by atoms with Crippen molar-refractivity contribution in [3.8, 4) is 5.82 Å². The maximum absolute atomic E-state index is 13.2. The standard InChI is InChI=1S/C22H20F6N6O3/c1-11(30-18(35)13-7-14(21(23,24)25)9-15(8-13)22(26,27)28)17-31-20(33(2)3)32-34(17)16-6-5-12(10-29-16)19(36)37-4/h5-11H,1-4H3,(H,30,35). The van der Waals surface area contributed by atoms with Crippen LogP contribution in [0.25, 0.3) is 5.82 Å². The van der Waals surface area contributed by atoms with Gasteiger partial charge in [-0.05, 0) is 37.3 Å². The lowest BCUT2D eigenvalue weighted by molar-refractivity contribution is -0.143. The summed E-state index contributed by atoms with van der Waals surface area (Å²) in [5.41, 5.74) is -3.93. The summed E-state index contributed by atoms with van der Waals surface area (Å²) in [5.74, 6) is -1.42. The van der Waals surface area contributed by atoms with Gasteiger partial charge >= 0.3 is 18.3 Å². The number of esters is 1. The molecule has 15 heteroatoms. The van der Waals surface area contributed by atoms with Crippen molar-refractivity contribution in [2.75, 3.05) is 26.1 Å². The summed E-state index contributed by atoms with van der Waals surface area (Å²) in [7, 11) is 4.45. The van der Waals surface area contributed by atoms with Crippen LogP contribution in [-0.4, -0.2) is 52.8 Å². The highest BCUT2D eigenvalue weighted by atomic mass is 19.4. The zero-order valence-corrected chi connectivity index (χ0v) is 19.8. The Morgan fingerprint density at radius 3 is 2.05 bits per heavy atom. The van der Waals surface area contributed by atoms with Crippen molar-refractivity contribution in [2.24, 2.45) is 0 Å². The minimum Gasteiger partial charge on any atom is -0.465 e. The number of anilines is 1. The highest BCUT2D eigenvalue weighted by molar-refractivity contribution is 5.95. The molecule has 1 amide bonds. The third kappa shape index (κ3) is 6.16. The monoisotopic (exact) mass is 530 g/mol. The molecule has 1 unspecified atom stereocenters. The third-order valence-corrected chi connectivity index (χ3v) is 4.99. The molecular formula is C22H20F6N6O3. The molecule has 0 aliphatic rings. The van der Waals surface area contributed by atoms with Gasteiger partial charge in [-0.1, -0.05) is 0 Å². The van der Waals surface area contributed by atoms with Crippen LogP contribution in [0.4, 0.5) is 32.3 Å². The average molecular weight is 530 g/mol. The summed E-state index contributed by atoms with van der Waals surface area (Å²) >= 11 is 0. The normalized spacial score (nSPS) is 12.7. The number of alkyl halides is 6. The number of aromatic nitrogens is 4. The molecule has 37 heavy (non-hydrogen) atoms. The Morgan fingerprint density at radius 2 is 1.59 bits per heavy atom. The van der Waals surface area contributed by atoms with E-state index >= 15 is 0 Å². The number of carbonyl (C=O) groups excluding carboxylic acids is 2. The molecule has 1 atom stereocenters. The number of hydrogen-bond donors (Lipinski definition) is 1. The first-order valence-corrected chi connectivity index (χ1v) is 10.4. The molecule has 0 fully saturated rings. The van der Waals surface area contributed by atoms with E-state index in [-0.39, 0.29) is 29.2 Å². The van der Waals surface area contributed by atoms with Crippen molar-refractivity contribution in [3.05, 3.63) is 64.6 Å². The van der Waals surface area contributed by atoms with Gasteiger partial charge in [0.05, 0.1) is 29.8 Å². The molecule has 0 bridgehead atoms. The van der Waals surface area contributed by atoms with Crippen LogP contribution in [0.2, 0.25) is 0 Å². The number of rotatable bonds is 6. The highest BCUT2D eigenvalue weighted by Gasteiger charge is 2.37. The quantitative estimate of drug-likeness (QED) is 0.379. The van der Waals surface area contributed by atoms with E-state index in [9.17, 15) is 35.9 Å². The highest BCUT2D eigenvalue weighted by Crippen LogP contribution is 2.36. The van der Waals surface area contributed by atoms with E-state index in [2.05, 4.69) is 25.1 Å². The first kappa shape index (κ1) is 27.4. The van der Waals surface area contributed by atoms with Crippen LogP contribution in [0.15, 0.2) is 36.5 Å². The fourth-order valence-electron chi connectivity index (χ4n) is 3.13. The Kier molecular flexibility index (Phi) is 7.46. The predicted octanol–water partition coefficient (Wildman–Crippen LogP) is 4.04. The van der Waals surface area contributed by atoms with Gasteiger partial charge in [0.2, 0.25) is 5.95 Å². The van der Waals surface area contributed by atoms with Gasteiger partial charge in [-0.3, -0.25) is 4.79 Å². The Morgan fingerprint density at radius 1 is 1.00 bits per heavy atom. The van der Waals surface area contributed by atoms with E-state index in [1.807, 2.05) is 0 Å². The first-order chi connectivity index (χ1) is 17.1. The Hall–Kier alpha value is -4.17. The maximum Gasteiger partial charge on any atom is 0.416 e. The smallest absolute Gasteiger partial charge is 0.416 e. The van der Waals surface area contributed by atoms with Crippen LogP contribution in [0.5, 0.6) is 0 Å². The van der Waals surface area contributed by atoms with Gasteiger partial charge in [0.25, 0.3) is 5.91 Å². The van der Waals surface area contributed by atoms with Gasteiger partial charge in [-0.25, -0.2) is 9.78 Å². The molecule has 198 valence electrons. The second-order valence-electron chi connectivity index (χ2n) is 7.96. The summed E-state index contributed by atoms with van der Waals surface area (Å²) in [6, 6.07) is 2.38. The maximum atomic E-state index is 13.2. The Labute approximate surface area is 206 Å². The van der Waals surface area contributed by atoms with Gasteiger partial charge in [-0.15, -0.1) is 5.10 Å². The molecule has 0 aliphatic carbocycles. The number of hydrogen-bond acceptors (Lipinski definition) is 7. The van der Waals surface area contributed by atoms with E-state index in [0.29, 0.717) is 12.1 Å². The van der Waals surface area contributed by atoms with Crippen molar-refractivity contribution in [2.45, 2.75) is 25.3 Å². The fourth-order valence-corrected chi connectivity index (χ4v) is 3.13. The number of halogens is 6. The van der Waals surface area contributed by atoms with Crippen molar-refractivity contribution >= 4 is 17.8 Å². The molecule has 3 aromatic rings. The number of carbonyl (C=O) groups is 2. The van der Waals surface area contributed by atoms with Crippen molar-refractivity contribution in [3.63, 3.8) is 0 Å². The molecule has 3 rings (SSSR count). The van der Waals surface area contributed by atoms with Gasteiger partial charge in [-0.2, -0.15) is 36.0 Å². The van der Waals surface area contributed by atoms with Gasteiger partial charge in [0.1, 0.15) is 0 Å². The molecule has 9 nitrogen and oxygen atoms in total. The molecule has 0 saturated heterocycles. The predicted molar refractivity (Wildman–Crippen MR) is 117 cm³/mol. The van der Waals surface area contributed by atoms with Crippen LogP contribution in [0.1, 0.15) is 50.6 Å². The summed E-state index contributed by atoms with van der Waals surface area (Å²) in [4.78, 5) is 34.4. The zero-order valence-electron chi connectivity index (χ0n) is 19.8. The largest absolute Gasteiger partial charge is 0.465 e. The lowest BCUT2D eigenvalue weighted by atomic mass is 10.0. The number of pyridine rings is 1. The molecule has 2 aromatic heterocycles. The number of ether oxygens (including phenoxy) is 1. The van der Waals surface area contributed by atoms with E-state index < -0.39 is 47.0 Å². The van der Waals surface area contributed by atoms with Crippen LogP contribution >= 0.6 is 0 Å². The SMILES string of the molecule is COC(=O)c1ccc(-n2nc(N(C)C)nc2C(C)NC(=O)c2cc(C(F)(F)F)cc(C(F)(F)F)c2)nc1. The number of methoxy groups -OCH3 is 1. The molecule has 0 aliphatic heterocycles. The molecular weight excluding hydrogens is 510 g/mol. The first-order valence-electron chi connectivity index (χ1n) is 10.4. The summed E-state index contributed by atoms with van der Waals surface area (Å²) in [6.07, 6.45) is -9.00. The minimum atomic E-state index is -5.11. The number of nitrogens with zero attached hydrogens (tertiary/aromatic N) is 5. The second kappa shape index (κ2) is 10.1.